The van der Waals surface area contributed by atoms with E-state index in [1.165, 1.54) is 0 Å². The SMILES string of the molecule is O=C([O-])O.O=C([O-])O.O=C([O-])O.O=C([O-])O.O=C([O-])O.[C+4].[K+]. The summed E-state index contributed by atoms with van der Waals surface area (Å²) in [5.41, 5.74) is 0. The second-order valence-corrected chi connectivity index (χ2v) is 1.33. The Balaban J connectivity index is -0.0000000250. The number of carbonyl (C=O) groups is 5. The summed E-state index contributed by atoms with van der Waals surface area (Å²) >= 11 is 0. The molecule has 0 bridgehead atoms. The van der Waals surface area contributed by atoms with E-state index in [0.717, 1.165) is 0 Å². The minimum atomic E-state index is -2.08. The Kier molecular flexibility index (Phi) is 70.7. The van der Waals surface area contributed by atoms with Gasteiger partial charge < -0.3 is 75.0 Å². The summed E-state index contributed by atoms with van der Waals surface area (Å²) in [5, 5.41) is 76.5. The molecule has 0 fully saturated rings. The molecule has 0 radical (unpaired) electrons. The van der Waals surface area contributed by atoms with Crippen molar-refractivity contribution in [2.45, 2.75) is 0 Å². The first kappa shape index (κ1) is 42.7. The molecule has 0 saturated carbocycles. The van der Waals surface area contributed by atoms with Crippen LogP contribution in [0.15, 0.2) is 0 Å². The Morgan fingerprint density at radius 3 is 0.455 bits per heavy atom. The van der Waals surface area contributed by atoms with Crippen LogP contribution in [0.1, 0.15) is 0 Å². The first-order chi connectivity index (χ1) is 8.66. The molecule has 0 heterocycles. The molecule has 0 spiro atoms. The van der Waals surface area contributed by atoms with Crippen LogP contribution in [-0.4, -0.2) is 56.3 Å². The summed E-state index contributed by atoms with van der Waals surface area (Å²) in [6.45, 7) is 0. The molecule has 0 unspecified atom stereocenters. The molecule has 0 amide bonds. The number of hydrogen-bond donors (Lipinski definition) is 5. The maximum Gasteiger partial charge on any atom is 4.00 e. The topological polar surface area (TPSA) is 302 Å². The Labute approximate surface area is 163 Å². The van der Waals surface area contributed by atoms with Crippen molar-refractivity contribution in [3.63, 3.8) is 0 Å². The first-order valence-electron chi connectivity index (χ1n) is 3.16. The second kappa shape index (κ2) is 36.4. The van der Waals surface area contributed by atoms with E-state index in [1.54, 1.807) is 0 Å². The van der Waals surface area contributed by atoms with Gasteiger partial charge in [-0.05, 0) is 0 Å². The molecular formula is C6H5KO15. The van der Waals surface area contributed by atoms with Crippen LogP contribution in [0.3, 0.4) is 0 Å². The molecule has 0 aliphatic rings. The van der Waals surface area contributed by atoms with Crippen molar-refractivity contribution in [1.82, 2.24) is 0 Å². The standard InChI is InChI=1S/5CH2O3.C.K/c5*2-1(3)4;;/h5*(H2,2,3,4);;/q;;;;;+4;+1/p-5. The van der Waals surface area contributed by atoms with Crippen molar-refractivity contribution in [1.29, 1.82) is 0 Å². The van der Waals surface area contributed by atoms with E-state index < -0.39 is 30.8 Å². The summed E-state index contributed by atoms with van der Waals surface area (Å²) in [6, 6.07) is 0. The Bertz CT molecular complexity index is 209. The van der Waals surface area contributed by atoms with Gasteiger partial charge in [-0.1, -0.05) is 0 Å². The van der Waals surface area contributed by atoms with Crippen LogP contribution in [0.5, 0.6) is 0 Å². The van der Waals surface area contributed by atoms with E-state index in [1.807, 2.05) is 0 Å². The first-order valence-corrected chi connectivity index (χ1v) is 3.16. The fourth-order valence-corrected chi connectivity index (χ4v) is 0. The fraction of sp³-hybridized carbons (Fsp3) is 0. The predicted molar refractivity (Wildman–Crippen MR) is 43.4 cm³/mol. The van der Waals surface area contributed by atoms with Gasteiger partial charge in [-0.2, -0.15) is 0 Å². The summed E-state index contributed by atoms with van der Waals surface area (Å²) in [6.07, 6.45) is -10.4. The van der Waals surface area contributed by atoms with Gasteiger partial charge in [-0.15, -0.1) is 0 Å². The van der Waals surface area contributed by atoms with Crippen molar-refractivity contribution in [3.05, 3.63) is 7.43 Å². The molecule has 0 aromatic carbocycles. The number of carboxylic acid groups (broad SMARTS) is 10. The van der Waals surface area contributed by atoms with Crippen LogP contribution in [0, 0.1) is 7.43 Å². The van der Waals surface area contributed by atoms with Gasteiger partial charge in [0.25, 0.3) is 0 Å². The summed E-state index contributed by atoms with van der Waals surface area (Å²) < 4.78 is 0. The van der Waals surface area contributed by atoms with Gasteiger partial charge >= 0.3 is 58.8 Å². The molecule has 0 aliphatic heterocycles. The maximum atomic E-state index is 8.44. The fourth-order valence-electron chi connectivity index (χ4n) is 0. The number of rotatable bonds is 0. The largest absolute Gasteiger partial charge is 4.00 e. The second-order valence-electron chi connectivity index (χ2n) is 1.33. The third-order valence-electron chi connectivity index (χ3n) is 0. The zero-order valence-corrected chi connectivity index (χ0v) is 13.4. The van der Waals surface area contributed by atoms with Gasteiger partial charge in [0, 0.05) is 0 Å². The Hall–Kier alpha value is -2.01. The van der Waals surface area contributed by atoms with Crippen LogP contribution < -0.4 is 76.9 Å². The van der Waals surface area contributed by atoms with Gasteiger partial charge in [0.15, 0.2) is 0 Å². The Morgan fingerprint density at radius 1 is 0.455 bits per heavy atom. The maximum absolute atomic E-state index is 8.44. The molecule has 22 heavy (non-hydrogen) atoms. The predicted octanol–water partition coefficient (Wildman–Crippen LogP) is -8.48. The average Bonchev–Trinajstić information content (AvgIpc) is 1.94. The average molecular weight is 356 g/mol. The van der Waals surface area contributed by atoms with Gasteiger partial charge in [0.1, 0.15) is 0 Å². The normalized spacial score (nSPS) is 5.45. The molecule has 0 aromatic rings. The molecule has 0 atom stereocenters. The molecule has 120 valence electrons. The van der Waals surface area contributed by atoms with Gasteiger partial charge in [-0.3, -0.25) is 0 Å². The molecule has 5 N–H and O–H groups in total. The van der Waals surface area contributed by atoms with Gasteiger partial charge in [-0.25, -0.2) is 0 Å². The zero-order valence-electron chi connectivity index (χ0n) is 10.3. The van der Waals surface area contributed by atoms with Crippen molar-refractivity contribution in [2.75, 3.05) is 0 Å². The third kappa shape index (κ3) is 1280. The Morgan fingerprint density at radius 2 is 0.455 bits per heavy atom. The monoisotopic (exact) mass is 356 g/mol. The summed E-state index contributed by atoms with van der Waals surface area (Å²) in [4.78, 5) is 42.2. The van der Waals surface area contributed by atoms with Crippen molar-refractivity contribution in [3.8, 4) is 0 Å². The summed E-state index contributed by atoms with van der Waals surface area (Å²) in [7, 11) is 0. The minimum Gasteiger partial charge on any atom is -0.565 e. The molecular weight excluding hydrogens is 351 g/mol. The van der Waals surface area contributed by atoms with Crippen molar-refractivity contribution < 1.29 is 126 Å². The zero-order chi connectivity index (χ0) is 17.9. The van der Waals surface area contributed by atoms with Crippen LogP contribution in [0.2, 0.25) is 0 Å². The van der Waals surface area contributed by atoms with Crippen LogP contribution in [0.25, 0.3) is 0 Å². The third-order valence-corrected chi connectivity index (χ3v) is 0. The van der Waals surface area contributed by atoms with Crippen LogP contribution >= 0.6 is 0 Å². The van der Waals surface area contributed by atoms with Crippen LogP contribution in [0.4, 0.5) is 24.0 Å². The molecule has 0 aromatic heterocycles. The van der Waals surface area contributed by atoms with Crippen LogP contribution in [-0.2, 0) is 0 Å². The van der Waals surface area contributed by atoms with E-state index in [-0.39, 0.29) is 58.8 Å². The van der Waals surface area contributed by atoms with Crippen molar-refractivity contribution in [2.24, 2.45) is 0 Å². The quantitative estimate of drug-likeness (QED) is 0.251. The minimum absolute atomic E-state index is 0. The van der Waals surface area contributed by atoms with Gasteiger partial charge in [0.2, 0.25) is 30.8 Å². The molecule has 15 nitrogen and oxygen atoms in total. The molecule has 0 rings (SSSR count). The van der Waals surface area contributed by atoms with Crippen molar-refractivity contribution >= 4 is 30.8 Å². The van der Waals surface area contributed by atoms with E-state index in [2.05, 4.69) is 0 Å². The summed E-state index contributed by atoms with van der Waals surface area (Å²) in [5.74, 6) is 0. The molecule has 0 saturated heterocycles. The van der Waals surface area contributed by atoms with E-state index in [9.17, 15) is 0 Å². The van der Waals surface area contributed by atoms with E-state index in [0.29, 0.717) is 0 Å². The smallest absolute Gasteiger partial charge is 0.565 e. The molecule has 16 heteroatoms. The van der Waals surface area contributed by atoms with E-state index in [4.69, 9.17) is 75.0 Å². The molecule has 0 aliphatic carbocycles. The van der Waals surface area contributed by atoms with E-state index >= 15 is 0 Å². The number of hydrogen-bond acceptors (Lipinski definition) is 10. The van der Waals surface area contributed by atoms with Gasteiger partial charge in [0.05, 0.1) is 0 Å².